The minimum Gasteiger partial charge on any atom is -0.438 e. The number of oxazole rings is 1. The molecule has 0 saturated heterocycles. The van der Waals surface area contributed by atoms with Gasteiger partial charge >= 0.3 is 0 Å². The van der Waals surface area contributed by atoms with E-state index in [9.17, 15) is 4.79 Å². The van der Waals surface area contributed by atoms with E-state index < -0.39 is 0 Å². The standard InChI is InChI=1S/C12H11ClN2O2/c13-10-3-1-2-9(6-10)4-5-15-12(16)11-7-14-8-17-11/h1-3,6-8H,4-5H2,(H,15,16). The number of hydrogen-bond donors (Lipinski definition) is 1. The second-order valence-electron chi connectivity index (χ2n) is 3.50. The molecule has 0 unspecified atom stereocenters. The number of benzene rings is 1. The molecule has 2 aromatic rings. The quantitative estimate of drug-likeness (QED) is 0.906. The second kappa shape index (κ2) is 5.50. The number of carbonyl (C=O) groups excluding carboxylic acids is 1. The summed E-state index contributed by atoms with van der Waals surface area (Å²) in [5.74, 6) is -0.0411. The first kappa shape index (κ1) is 11.7. The highest BCUT2D eigenvalue weighted by Gasteiger charge is 2.07. The van der Waals surface area contributed by atoms with Crippen LogP contribution in [0.25, 0.3) is 0 Å². The van der Waals surface area contributed by atoms with Crippen molar-refractivity contribution in [3.63, 3.8) is 0 Å². The van der Waals surface area contributed by atoms with Gasteiger partial charge in [0.15, 0.2) is 6.39 Å². The van der Waals surface area contributed by atoms with E-state index in [0.29, 0.717) is 11.6 Å². The summed E-state index contributed by atoms with van der Waals surface area (Å²) in [6.07, 6.45) is 3.33. The van der Waals surface area contributed by atoms with E-state index >= 15 is 0 Å². The first-order valence-corrected chi connectivity index (χ1v) is 5.54. The van der Waals surface area contributed by atoms with Crippen molar-refractivity contribution in [2.45, 2.75) is 6.42 Å². The maximum atomic E-state index is 11.5. The molecule has 1 aromatic heterocycles. The van der Waals surface area contributed by atoms with Gasteiger partial charge in [-0.25, -0.2) is 4.98 Å². The number of nitrogens with one attached hydrogen (secondary N) is 1. The van der Waals surface area contributed by atoms with E-state index in [1.54, 1.807) is 0 Å². The van der Waals surface area contributed by atoms with E-state index in [0.717, 1.165) is 12.0 Å². The van der Waals surface area contributed by atoms with Crippen LogP contribution in [0, 0.1) is 0 Å². The van der Waals surface area contributed by atoms with Crippen LogP contribution in [-0.2, 0) is 6.42 Å². The van der Waals surface area contributed by atoms with Crippen molar-refractivity contribution in [2.24, 2.45) is 0 Å². The third-order valence-corrected chi connectivity index (χ3v) is 2.48. The average Bonchev–Trinajstić information content (AvgIpc) is 2.82. The Morgan fingerprint density at radius 1 is 1.47 bits per heavy atom. The van der Waals surface area contributed by atoms with Gasteiger partial charge in [0.05, 0.1) is 6.20 Å². The van der Waals surface area contributed by atoms with Crippen LogP contribution in [0.2, 0.25) is 5.02 Å². The van der Waals surface area contributed by atoms with E-state index in [1.807, 2.05) is 24.3 Å². The van der Waals surface area contributed by atoms with Gasteiger partial charge in [0, 0.05) is 11.6 Å². The molecule has 1 N–H and O–H groups in total. The zero-order valence-corrected chi connectivity index (χ0v) is 9.78. The zero-order chi connectivity index (χ0) is 12.1. The van der Waals surface area contributed by atoms with Gasteiger partial charge in [0.2, 0.25) is 5.76 Å². The van der Waals surface area contributed by atoms with Crippen molar-refractivity contribution in [1.82, 2.24) is 10.3 Å². The first-order chi connectivity index (χ1) is 8.25. The predicted molar refractivity (Wildman–Crippen MR) is 64.0 cm³/mol. The monoisotopic (exact) mass is 250 g/mol. The van der Waals surface area contributed by atoms with Crippen LogP contribution in [0.1, 0.15) is 16.1 Å². The van der Waals surface area contributed by atoms with Crippen LogP contribution in [0.15, 0.2) is 41.3 Å². The topological polar surface area (TPSA) is 55.1 Å². The molecule has 0 aliphatic rings. The number of halogens is 1. The highest BCUT2D eigenvalue weighted by molar-refractivity contribution is 6.30. The SMILES string of the molecule is O=C(NCCc1cccc(Cl)c1)c1cnco1. The summed E-state index contributed by atoms with van der Waals surface area (Å²) in [7, 11) is 0. The van der Waals surface area contributed by atoms with Crippen LogP contribution >= 0.6 is 11.6 Å². The largest absolute Gasteiger partial charge is 0.438 e. The molecule has 1 amide bonds. The second-order valence-corrected chi connectivity index (χ2v) is 3.94. The lowest BCUT2D eigenvalue weighted by atomic mass is 10.1. The molecule has 2 rings (SSSR count). The minimum absolute atomic E-state index is 0.219. The number of amides is 1. The lowest BCUT2D eigenvalue weighted by Gasteiger charge is -2.03. The van der Waals surface area contributed by atoms with Gasteiger partial charge in [-0.2, -0.15) is 0 Å². The molecule has 4 nitrogen and oxygen atoms in total. The third kappa shape index (κ3) is 3.32. The molecular formula is C12H11ClN2O2. The summed E-state index contributed by atoms with van der Waals surface area (Å²) in [4.78, 5) is 15.2. The molecule has 1 aromatic carbocycles. The molecule has 0 aliphatic heterocycles. The molecule has 0 aliphatic carbocycles. The molecule has 0 saturated carbocycles. The van der Waals surface area contributed by atoms with Gasteiger partial charge < -0.3 is 9.73 Å². The normalized spacial score (nSPS) is 10.2. The summed E-state index contributed by atoms with van der Waals surface area (Å²) < 4.78 is 4.87. The highest BCUT2D eigenvalue weighted by atomic mass is 35.5. The highest BCUT2D eigenvalue weighted by Crippen LogP contribution is 2.10. The molecule has 0 bridgehead atoms. The van der Waals surface area contributed by atoms with Gasteiger partial charge in [-0.05, 0) is 24.1 Å². The van der Waals surface area contributed by atoms with Crippen LogP contribution in [0.5, 0.6) is 0 Å². The Hall–Kier alpha value is -1.81. The van der Waals surface area contributed by atoms with Crippen molar-refractivity contribution >= 4 is 17.5 Å². The van der Waals surface area contributed by atoms with Gasteiger partial charge in [-0.3, -0.25) is 4.79 Å². The van der Waals surface area contributed by atoms with Crippen molar-refractivity contribution in [3.8, 4) is 0 Å². The Kier molecular flexibility index (Phi) is 3.77. The first-order valence-electron chi connectivity index (χ1n) is 5.17. The summed E-state index contributed by atoms with van der Waals surface area (Å²) in [5.41, 5.74) is 1.08. The molecule has 0 spiro atoms. The fourth-order valence-electron chi connectivity index (χ4n) is 1.43. The Morgan fingerprint density at radius 3 is 3.06 bits per heavy atom. The van der Waals surface area contributed by atoms with E-state index in [-0.39, 0.29) is 11.7 Å². The minimum atomic E-state index is -0.260. The lowest BCUT2D eigenvalue weighted by Crippen LogP contribution is -2.25. The number of hydrogen-bond acceptors (Lipinski definition) is 3. The third-order valence-electron chi connectivity index (χ3n) is 2.24. The molecule has 5 heteroatoms. The Balaban J connectivity index is 1.82. The summed E-state index contributed by atoms with van der Waals surface area (Å²) in [6.45, 7) is 0.528. The summed E-state index contributed by atoms with van der Waals surface area (Å²) >= 11 is 5.86. The van der Waals surface area contributed by atoms with Crippen molar-refractivity contribution in [1.29, 1.82) is 0 Å². The molecule has 88 valence electrons. The fraction of sp³-hybridized carbons (Fsp3) is 0.167. The average molecular weight is 251 g/mol. The lowest BCUT2D eigenvalue weighted by molar-refractivity contribution is 0.0926. The van der Waals surface area contributed by atoms with Gasteiger partial charge in [0.25, 0.3) is 5.91 Å². The number of carbonyl (C=O) groups is 1. The van der Waals surface area contributed by atoms with Crippen molar-refractivity contribution in [3.05, 3.63) is 53.2 Å². The molecule has 0 atom stereocenters. The van der Waals surface area contributed by atoms with E-state index in [4.69, 9.17) is 16.0 Å². The van der Waals surface area contributed by atoms with Crippen LogP contribution < -0.4 is 5.32 Å². The van der Waals surface area contributed by atoms with Crippen LogP contribution in [0.4, 0.5) is 0 Å². The van der Waals surface area contributed by atoms with Gasteiger partial charge in [0.1, 0.15) is 0 Å². The number of nitrogens with zero attached hydrogens (tertiary/aromatic N) is 1. The maximum Gasteiger partial charge on any atom is 0.288 e. The van der Waals surface area contributed by atoms with Crippen molar-refractivity contribution < 1.29 is 9.21 Å². The molecule has 1 heterocycles. The molecular weight excluding hydrogens is 240 g/mol. The Labute approximate surface area is 104 Å². The summed E-state index contributed by atoms with van der Waals surface area (Å²) in [6, 6.07) is 7.54. The number of aromatic nitrogens is 1. The van der Waals surface area contributed by atoms with E-state index in [2.05, 4.69) is 10.3 Å². The molecule has 0 radical (unpaired) electrons. The van der Waals surface area contributed by atoms with Crippen LogP contribution in [-0.4, -0.2) is 17.4 Å². The predicted octanol–water partition coefficient (Wildman–Crippen LogP) is 2.30. The Morgan fingerprint density at radius 2 is 2.35 bits per heavy atom. The van der Waals surface area contributed by atoms with E-state index in [1.165, 1.54) is 12.6 Å². The smallest absolute Gasteiger partial charge is 0.288 e. The van der Waals surface area contributed by atoms with Gasteiger partial charge in [-0.15, -0.1) is 0 Å². The van der Waals surface area contributed by atoms with Gasteiger partial charge in [-0.1, -0.05) is 23.7 Å². The molecule has 17 heavy (non-hydrogen) atoms. The zero-order valence-electron chi connectivity index (χ0n) is 9.02. The fourth-order valence-corrected chi connectivity index (χ4v) is 1.64. The van der Waals surface area contributed by atoms with Crippen molar-refractivity contribution in [2.75, 3.05) is 6.54 Å². The molecule has 0 fully saturated rings. The number of rotatable bonds is 4. The summed E-state index contributed by atoms with van der Waals surface area (Å²) in [5, 5.41) is 3.44. The van der Waals surface area contributed by atoms with Crippen LogP contribution in [0.3, 0.4) is 0 Å². The Bertz CT molecular complexity index is 497. The maximum absolute atomic E-state index is 11.5.